The summed E-state index contributed by atoms with van der Waals surface area (Å²) in [6.45, 7) is 0. The van der Waals surface area contributed by atoms with Crippen molar-refractivity contribution in [2.24, 2.45) is 0 Å². The molecule has 0 bridgehead atoms. The van der Waals surface area contributed by atoms with Crippen LogP contribution in [0.25, 0.3) is 10.9 Å². The van der Waals surface area contributed by atoms with E-state index in [1.54, 1.807) is 42.5 Å². The van der Waals surface area contributed by atoms with Crippen LogP contribution < -0.4 is 25.4 Å². The number of nitrogens with one attached hydrogen (secondary N) is 3. The molecule has 38 heavy (non-hydrogen) atoms. The summed E-state index contributed by atoms with van der Waals surface area (Å²) in [6.07, 6.45) is -4.66. The van der Waals surface area contributed by atoms with Gasteiger partial charge in [0.05, 0.1) is 23.2 Å². The van der Waals surface area contributed by atoms with Gasteiger partial charge in [0.2, 0.25) is 0 Å². The molecule has 1 heterocycles. The number of aromatic nitrogens is 1. The van der Waals surface area contributed by atoms with Gasteiger partial charge >= 0.3 is 12.2 Å². The molecule has 3 amide bonds. The molecule has 196 valence electrons. The highest BCUT2D eigenvalue weighted by molar-refractivity contribution is 6.31. The maximum atomic E-state index is 13.1. The second-order valence-electron chi connectivity index (χ2n) is 7.87. The van der Waals surface area contributed by atoms with Crippen molar-refractivity contribution in [2.75, 3.05) is 24.8 Å². The second-order valence-corrected chi connectivity index (χ2v) is 8.27. The molecule has 0 saturated heterocycles. The van der Waals surface area contributed by atoms with E-state index in [-0.39, 0.29) is 17.3 Å². The van der Waals surface area contributed by atoms with E-state index in [0.717, 1.165) is 12.1 Å². The van der Waals surface area contributed by atoms with Crippen LogP contribution in [-0.4, -0.2) is 31.1 Å². The molecule has 3 N–H and O–H groups in total. The highest BCUT2D eigenvalue weighted by Crippen LogP contribution is 2.36. The zero-order valence-corrected chi connectivity index (χ0v) is 20.7. The molecule has 1 aromatic heterocycles. The highest BCUT2D eigenvalue weighted by Gasteiger charge is 2.33. The molecular weight excluding hydrogens is 525 g/mol. The fourth-order valence-electron chi connectivity index (χ4n) is 3.48. The Morgan fingerprint density at radius 2 is 1.55 bits per heavy atom. The highest BCUT2D eigenvalue weighted by atomic mass is 35.5. The average molecular weight is 545 g/mol. The molecule has 0 atom stereocenters. The van der Waals surface area contributed by atoms with Gasteiger partial charge in [0, 0.05) is 29.9 Å². The number of halogens is 4. The van der Waals surface area contributed by atoms with Gasteiger partial charge in [0.15, 0.2) is 0 Å². The Bertz CT molecular complexity index is 1510. The van der Waals surface area contributed by atoms with Crippen molar-refractivity contribution in [3.05, 3.63) is 83.0 Å². The van der Waals surface area contributed by atoms with Gasteiger partial charge in [-0.1, -0.05) is 11.6 Å². The molecule has 0 radical (unpaired) electrons. The fraction of sp³-hybridized carbons (Fsp3) is 0.115. The number of amides is 3. The first kappa shape index (κ1) is 26.6. The van der Waals surface area contributed by atoms with Gasteiger partial charge in [-0.25, -0.2) is 9.78 Å². The van der Waals surface area contributed by atoms with Crippen LogP contribution in [-0.2, 0) is 6.18 Å². The number of anilines is 2. The van der Waals surface area contributed by atoms with E-state index in [1.807, 2.05) is 0 Å². The zero-order valence-electron chi connectivity index (χ0n) is 19.9. The van der Waals surface area contributed by atoms with E-state index in [2.05, 4.69) is 20.9 Å². The molecule has 8 nitrogen and oxygen atoms in total. The van der Waals surface area contributed by atoms with Gasteiger partial charge < -0.3 is 25.4 Å². The van der Waals surface area contributed by atoms with E-state index >= 15 is 0 Å². The fourth-order valence-corrected chi connectivity index (χ4v) is 3.70. The standard InChI is InChI=1S/C26H20ClF3N4O4/c1-31-24(35)22-13-23(18-12-17(37-2)8-10-21(18)34-22)38-16-6-3-14(4-7-16)32-25(36)33-15-5-9-20(27)19(11-15)26(28,29)30/h3-13H,1-2H3,(H,31,35)(H2,32,33,36). The van der Waals surface area contributed by atoms with Crippen LogP contribution in [0.3, 0.4) is 0 Å². The largest absolute Gasteiger partial charge is 0.497 e. The molecule has 0 unspecified atom stereocenters. The number of hydrogen-bond donors (Lipinski definition) is 3. The van der Waals surface area contributed by atoms with E-state index < -0.39 is 22.8 Å². The van der Waals surface area contributed by atoms with E-state index in [4.69, 9.17) is 21.1 Å². The summed E-state index contributed by atoms with van der Waals surface area (Å²) in [5.41, 5.74) is -0.101. The normalized spacial score (nSPS) is 11.1. The number of alkyl halides is 3. The second kappa shape index (κ2) is 10.9. The lowest BCUT2D eigenvalue weighted by atomic mass is 10.1. The lowest BCUT2D eigenvalue weighted by Gasteiger charge is -2.13. The first-order chi connectivity index (χ1) is 18.1. The van der Waals surface area contributed by atoms with E-state index in [0.29, 0.717) is 33.8 Å². The minimum atomic E-state index is -4.66. The minimum absolute atomic E-state index is 0.0777. The zero-order chi connectivity index (χ0) is 27.4. The van der Waals surface area contributed by atoms with Gasteiger partial charge in [-0.2, -0.15) is 13.2 Å². The van der Waals surface area contributed by atoms with Crippen molar-refractivity contribution in [2.45, 2.75) is 6.18 Å². The third kappa shape index (κ3) is 6.06. The Morgan fingerprint density at radius 3 is 2.21 bits per heavy atom. The maximum absolute atomic E-state index is 13.1. The lowest BCUT2D eigenvalue weighted by molar-refractivity contribution is -0.137. The summed E-state index contributed by atoms with van der Waals surface area (Å²) < 4.78 is 50.5. The predicted octanol–water partition coefficient (Wildman–Crippen LogP) is 6.71. The molecule has 0 aliphatic heterocycles. The Balaban J connectivity index is 1.51. The summed E-state index contributed by atoms with van der Waals surface area (Å²) in [5.74, 6) is 0.933. The Kier molecular flexibility index (Phi) is 7.58. The molecule has 0 aliphatic carbocycles. The number of carbonyl (C=O) groups excluding carboxylic acids is 2. The predicted molar refractivity (Wildman–Crippen MR) is 137 cm³/mol. The molecule has 0 fully saturated rings. The number of fused-ring (bicyclic) bond motifs is 1. The number of benzene rings is 3. The van der Waals surface area contributed by atoms with Crippen molar-refractivity contribution in [1.29, 1.82) is 0 Å². The van der Waals surface area contributed by atoms with Gasteiger partial charge in [0.25, 0.3) is 5.91 Å². The summed E-state index contributed by atoms with van der Waals surface area (Å²) >= 11 is 5.61. The lowest BCUT2D eigenvalue weighted by Crippen LogP contribution is -2.20. The molecule has 4 aromatic rings. The van der Waals surface area contributed by atoms with Crippen LogP contribution in [0.1, 0.15) is 16.1 Å². The number of ether oxygens (including phenoxy) is 2. The molecule has 3 aromatic carbocycles. The monoisotopic (exact) mass is 544 g/mol. The van der Waals surface area contributed by atoms with Crippen LogP contribution in [0, 0.1) is 0 Å². The van der Waals surface area contributed by atoms with Crippen LogP contribution in [0.2, 0.25) is 5.02 Å². The molecule has 0 aliphatic rings. The van der Waals surface area contributed by atoms with Crippen molar-refractivity contribution in [3.63, 3.8) is 0 Å². The van der Waals surface area contributed by atoms with Crippen LogP contribution in [0.5, 0.6) is 17.2 Å². The summed E-state index contributed by atoms with van der Waals surface area (Å²) in [7, 11) is 3.02. The van der Waals surface area contributed by atoms with Gasteiger partial charge in [0.1, 0.15) is 22.9 Å². The van der Waals surface area contributed by atoms with Crippen molar-refractivity contribution in [3.8, 4) is 17.2 Å². The number of urea groups is 1. The summed E-state index contributed by atoms with van der Waals surface area (Å²) in [6, 6.07) is 15.2. The molecule has 12 heteroatoms. The first-order valence-electron chi connectivity index (χ1n) is 11.0. The number of nitrogens with zero attached hydrogens (tertiary/aromatic N) is 1. The van der Waals surface area contributed by atoms with Gasteiger partial charge in [-0.15, -0.1) is 0 Å². The Hall–Kier alpha value is -4.51. The Labute approximate surface area is 219 Å². The van der Waals surface area contributed by atoms with Crippen LogP contribution in [0.4, 0.5) is 29.3 Å². The van der Waals surface area contributed by atoms with E-state index in [1.165, 1.54) is 26.3 Å². The summed E-state index contributed by atoms with van der Waals surface area (Å²) in [5, 5.41) is 7.54. The average Bonchev–Trinajstić information content (AvgIpc) is 2.89. The topological polar surface area (TPSA) is 102 Å². The molecule has 0 spiro atoms. The number of methoxy groups -OCH3 is 1. The number of pyridine rings is 1. The molecule has 0 saturated carbocycles. The van der Waals surface area contributed by atoms with Crippen molar-refractivity contribution >= 4 is 45.8 Å². The first-order valence-corrected chi connectivity index (χ1v) is 11.4. The van der Waals surface area contributed by atoms with E-state index in [9.17, 15) is 22.8 Å². The third-order valence-corrected chi connectivity index (χ3v) is 5.64. The quantitative estimate of drug-likeness (QED) is 0.250. The third-order valence-electron chi connectivity index (χ3n) is 5.31. The SMILES string of the molecule is CNC(=O)c1cc(Oc2ccc(NC(=O)Nc3ccc(Cl)c(C(F)(F)F)c3)cc2)c2cc(OC)ccc2n1. The van der Waals surface area contributed by atoms with Crippen molar-refractivity contribution in [1.82, 2.24) is 10.3 Å². The van der Waals surface area contributed by atoms with Crippen LogP contribution >= 0.6 is 11.6 Å². The maximum Gasteiger partial charge on any atom is 0.417 e. The molecular formula is C26H20ClF3N4O4. The number of hydrogen-bond acceptors (Lipinski definition) is 5. The smallest absolute Gasteiger partial charge is 0.417 e. The minimum Gasteiger partial charge on any atom is -0.497 e. The van der Waals surface area contributed by atoms with Gasteiger partial charge in [-0.05, 0) is 60.7 Å². The van der Waals surface area contributed by atoms with Crippen LogP contribution in [0.15, 0.2) is 66.7 Å². The summed E-state index contributed by atoms with van der Waals surface area (Å²) in [4.78, 5) is 28.9. The van der Waals surface area contributed by atoms with Crippen molar-refractivity contribution < 1.29 is 32.2 Å². The number of rotatable bonds is 6. The Morgan fingerprint density at radius 1 is 0.895 bits per heavy atom. The number of carbonyl (C=O) groups is 2. The van der Waals surface area contributed by atoms with Gasteiger partial charge in [-0.3, -0.25) is 4.79 Å². The molecule has 4 rings (SSSR count).